The van der Waals surface area contributed by atoms with Crippen molar-refractivity contribution in [3.63, 3.8) is 0 Å². The first-order valence-electron chi connectivity index (χ1n) is 5.95. The fraction of sp³-hybridized carbons (Fsp3) is 0.385. The van der Waals surface area contributed by atoms with E-state index in [1.54, 1.807) is 12.1 Å². The zero-order valence-electron chi connectivity index (χ0n) is 9.89. The van der Waals surface area contributed by atoms with E-state index < -0.39 is 12.2 Å². The van der Waals surface area contributed by atoms with Crippen LogP contribution in [0.5, 0.6) is 5.75 Å². The number of nitrogens with one attached hydrogen (secondary N) is 1. The third kappa shape index (κ3) is 3.00. The van der Waals surface area contributed by atoms with Crippen molar-refractivity contribution in [1.29, 1.82) is 0 Å². The predicted molar refractivity (Wildman–Crippen MR) is 64.1 cm³/mol. The van der Waals surface area contributed by atoms with Crippen LogP contribution < -0.4 is 5.32 Å². The number of phenolic OH excluding ortho intramolecular Hbond substituents is 1. The Hall–Kier alpha value is -2.04. The molecule has 0 saturated carbocycles. The summed E-state index contributed by atoms with van der Waals surface area (Å²) < 4.78 is 4.80. The summed E-state index contributed by atoms with van der Waals surface area (Å²) in [7, 11) is 0. The molecule has 5 heteroatoms. The molecule has 2 N–H and O–H groups in total. The number of carbonyl (C=O) groups excluding carboxylic acids is 2. The van der Waals surface area contributed by atoms with E-state index in [0.29, 0.717) is 12.2 Å². The lowest BCUT2D eigenvalue weighted by atomic mass is 10.0. The van der Waals surface area contributed by atoms with Crippen LogP contribution >= 0.6 is 0 Å². The molecule has 96 valence electrons. The first-order valence-corrected chi connectivity index (χ1v) is 5.95. The van der Waals surface area contributed by atoms with Gasteiger partial charge in [-0.05, 0) is 37.3 Å². The van der Waals surface area contributed by atoms with Gasteiger partial charge in [-0.15, -0.1) is 0 Å². The zero-order valence-corrected chi connectivity index (χ0v) is 9.89. The second-order valence-corrected chi connectivity index (χ2v) is 4.26. The number of hydrogen-bond acceptors (Lipinski definition) is 4. The summed E-state index contributed by atoms with van der Waals surface area (Å²) in [5, 5.41) is 11.7. The molecule has 18 heavy (non-hydrogen) atoms. The number of cyclic esters (lactones) is 1. The Morgan fingerprint density at radius 3 is 2.67 bits per heavy atom. The highest BCUT2D eigenvalue weighted by Crippen LogP contribution is 2.19. The van der Waals surface area contributed by atoms with Gasteiger partial charge in [-0.3, -0.25) is 10.1 Å². The summed E-state index contributed by atoms with van der Waals surface area (Å²) in [6.45, 7) is 0. The SMILES string of the molecule is O=C1NC(=O)C(CCCCc2ccccc2O)O1. The molecule has 1 atom stereocenters. The molecule has 1 saturated heterocycles. The van der Waals surface area contributed by atoms with Gasteiger partial charge in [-0.1, -0.05) is 18.2 Å². The maximum absolute atomic E-state index is 11.2. The Morgan fingerprint density at radius 1 is 1.22 bits per heavy atom. The van der Waals surface area contributed by atoms with Gasteiger partial charge in [0.1, 0.15) is 5.75 Å². The highest BCUT2D eigenvalue weighted by molar-refractivity contribution is 5.99. The Kier molecular flexibility index (Phi) is 3.82. The van der Waals surface area contributed by atoms with E-state index in [1.165, 1.54) is 0 Å². The molecule has 1 unspecified atom stereocenters. The van der Waals surface area contributed by atoms with Gasteiger partial charge in [0.15, 0.2) is 6.10 Å². The van der Waals surface area contributed by atoms with Crippen LogP contribution in [0.25, 0.3) is 0 Å². The monoisotopic (exact) mass is 249 g/mol. The van der Waals surface area contributed by atoms with Gasteiger partial charge in [-0.25, -0.2) is 4.79 Å². The van der Waals surface area contributed by atoms with E-state index >= 15 is 0 Å². The average Bonchev–Trinajstić information content (AvgIpc) is 2.65. The maximum Gasteiger partial charge on any atom is 0.414 e. The van der Waals surface area contributed by atoms with Gasteiger partial charge >= 0.3 is 6.09 Å². The molecule has 1 aromatic rings. The van der Waals surface area contributed by atoms with E-state index in [1.807, 2.05) is 12.1 Å². The minimum Gasteiger partial charge on any atom is -0.508 e. The van der Waals surface area contributed by atoms with Gasteiger partial charge in [-0.2, -0.15) is 0 Å². The van der Waals surface area contributed by atoms with Crippen molar-refractivity contribution < 1.29 is 19.4 Å². The zero-order chi connectivity index (χ0) is 13.0. The summed E-state index contributed by atoms with van der Waals surface area (Å²) in [5.41, 5.74) is 0.894. The standard InChI is InChI=1S/C13H15NO4/c15-10-7-3-1-5-9(10)6-2-4-8-11-12(16)14-13(17)18-11/h1,3,5,7,11,15H,2,4,6,8H2,(H,14,16,17). The number of hydrogen-bond donors (Lipinski definition) is 2. The van der Waals surface area contributed by atoms with Crippen LogP contribution in [0.3, 0.4) is 0 Å². The largest absolute Gasteiger partial charge is 0.508 e. The number of phenols is 1. The van der Waals surface area contributed by atoms with E-state index in [-0.39, 0.29) is 5.91 Å². The Labute approximate surface area is 105 Å². The number of imide groups is 1. The number of para-hydroxylation sites is 1. The number of carbonyl (C=O) groups is 2. The van der Waals surface area contributed by atoms with Crippen molar-refractivity contribution in [2.75, 3.05) is 0 Å². The molecule has 0 aliphatic carbocycles. The topological polar surface area (TPSA) is 75.6 Å². The van der Waals surface area contributed by atoms with Crippen LogP contribution in [-0.4, -0.2) is 23.2 Å². The summed E-state index contributed by atoms with van der Waals surface area (Å²) in [4.78, 5) is 22.0. The van der Waals surface area contributed by atoms with Gasteiger partial charge in [0.2, 0.25) is 0 Å². The predicted octanol–water partition coefficient (Wildman–Crippen LogP) is 1.74. The highest BCUT2D eigenvalue weighted by Gasteiger charge is 2.31. The molecular formula is C13H15NO4. The smallest absolute Gasteiger partial charge is 0.414 e. The van der Waals surface area contributed by atoms with Crippen LogP contribution in [0.4, 0.5) is 4.79 Å². The van der Waals surface area contributed by atoms with E-state index in [2.05, 4.69) is 5.32 Å². The summed E-state index contributed by atoms with van der Waals surface area (Å²) >= 11 is 0. The Morgan fingerprint density at radius 2 is 2.00 bits per heavy atom. The van der Waals surface area contributed by atoms with Gasteiger partial charge in [0, 0.05) is 0 Å². The lowest BCUT2D eigenvalue weighted by Gasteiger charge is -2.06. The third-order valence-corrected chi connectivity index (χ3v) is 2.92. The van der Waals surface area contributed by atoms with Crippen LogP contribution in [0.2, 0.25) is 0 Å². The maximum atomic E-state index is 11.2. The highest BCUT2D eigenvalue weighted by atomic mass is 16.6. The molecule has 1 fully saturated rings. The number of aromatic hydroxyl groups is 1. The summed E-state index contributed by atoms with van der Waals surface area (Å²) in [5.74, 6) is -0.0647. The van der Waals surface area contributed by atoms with Crippen molar-refractivity contribution in [2.24, 2.45) is 0 Å². The lowest BCUT2D eigenvalue weighted by molar-refractivity contribution is -0.123. The summed E-state index contributed by atoms with van der Waals surface area (Å²) in [6, 6.07) is 7.18. The number of rotatable bonds is 5. The van der Waals surface area contributed by atoms with Crippen molar-refractivity contribution in [3.05, 3.63) is 29.8 Å². The molecule has 2 amide bonds. The number of alkyl carbamates (subject to hydrolysis) is 1. The number of amides is 2. The summed E-state index contributed by atoms with van der Waals surface area (Å²) in [6.07, 6.45) is 1.55. The molecule has 1 heterocycles. The second-order valence-electron chi connectivity index (χ2n) is 4.26. The minimum atomic E-state index is -0.661. The molecule has 2 rings (SSSR count). The Balaban J connectivity index is 1.72. The van der Waals surface area contributed by atoms with Gasteiger partial charge in [0.05, 0.1) is 0 Å². The van der Waals surface area contributed by atoms with Crippen molar-refractivity contribution in [1.82, 2.24) is 5.32 Å². The van der Waals surface area contributed by atoms with Gasteiger partial charge < -0.3 is 9.84 Å². The molecule has 0 radical (unpaired) electrons. The van der Waals surface area contributed by atoms with Crippen molar-refractivity contribution in [2.45, 2.75) is 31.8 Å². The molecular weight excluding hydrogens is 234 g/mol. The van der Waals surface area contributed by atoms with E-state index in [4.69, 9.17) is 4.74 Å². The van der Waals surface area contributed by atoms with E-state index in [9.17, 15) is 14.7 Å². The molecule has 0 aromatic heterocycles. The first-order chi connectivity index (χ1) is 8.66. The first kappa shape index (κ1) is 12.4. The number of ether oxygens (including phenoxy) is 1. The molecule has 0 bridgehead atoms. The molecule has 1 aromatic carbocycles. The number of benzene rings is 1. The fourth-order valence-electron chi connectivity index (χ4n) is 1.95. The molecule has 0 spiro atoms. The second kappa shape index (κ2) is 5.53. The normalized spacial score (nSPS) is 18.6. The van der Waals surface area contributed by atoms with Crippen LogP contribution in [0.1, 0.15) is 24.8 Å². The average molecular weight is 249 g/mol. The van der Waals surface area contributed by atoms with E-state index in [0.717, 1.165) is 24.8 Å². The fourth-order valence-corrected chi connectivity index (χ4v) is 1.95. The van der Waals surface area contributed by atoms with Crippen molar-refractivity contribution in [3.8, 4) is 5.75 Å². The lowest BCUT2D eigenvalue weighted by Crippen LogP contribution is -2.24. The van der Waals surface area contributed by atoms with Crippen LogP contribution in [0.15, 0.2) is 24.3 Å². The number of unbranched alkanes of at least 4 members (excludes halogenated alkanes) is 1. The van der Waals surface area contributed by atoms with Crippen LogP contribution in [0, 0.1) is 0 Å². The quantitative estimate of drug-likeness (QED) is 0.779. The minimum absolute atomic E-state index is 0.294. The van der Waals surface area contributed by atoms with Gasteiger partial charge in [0.25, 0.3) is 5.91 Å². The Bertz CT molecular complexity index is 458. The molecule has 1 aliphatic rings. The molecule has 1 aliphatic heterocycles. The number of aryl methyl sites for hydroxylation is 1. The van der Waals surface area contributed by atoms with Crippen LogP contribution in [-0.2, 0) is 16.0 Å². The van der Waals surface area contributed by atoms with Crippen molar-refractivity contribution >= 4 is 12.0 Å². The molecule has 5 nitrogen and oxygen atoms in total. The third-order valence-electron chi connectivity index (χ3n) is 2.92.